The van der Waals surface area contributed by atoms with Crippen LogP contribution in [0.1, 0.15) is 16.6 Å². The Hall–Kier alpha value is -4.18. The molecule has 2 heterocycles. The number of benzene rings is 2. The number of hydrogen-bond donors (Lipinski definition) is 1. The second-order valence-electron chi connectivity index (χ2n) is 7.36. The van der Waals surface area contributed by atoms with Crippen molar-refractivity contribution in [3.8, 4) is 21.9 Å². The van der Waals surface area contributed by atoms with Gasteiger partial charge in [-0.25, -0.2) is 9.78 Å². The normalized spacial score (nSPS) is 10.7. The first kappa shape index (κ1) is 24.0. The van der Waals surface area contributed by atoms with E-state index < -0.39 is 17.4 Å². The molecule has 2 aromatic carbocycles. The highest BCUT2D eigenvalue weighted by molar-refractivity contribution is 7.18. The van der Waals surface area contributed by atoms with Gasteiger partial charge in [0.05, 0.1) is 43.7 Å². The van der Waals surface area contributed by atoms with Crippen LogP contribution in [-0.2, 0) is 16.1 Å². The van der Waals surface area contributed by atoms with Crippen molar-refractivity contribution < 1.29 is 23.8 Å². The largest absolute Gasteiger partial charge is 0.493 e. The fourth-order valence-corrected chi connectivity index (χ4v) is 4.58. The summed E-state index contributed by atoms with van der Waals surface area (Å²) in [5.74, 6) is 0.0873. The topological polar surface area (TPSA) is 109 Å². The highest BCUT2D eigenvalue weighted by Gasteiger charge is 2.21. The van der Waals surface area contributed by atoms with E-state index in [0.717, 1.165) is 10.4 Å². The fraction of sp³-hybridized carbons (Fsp3) is 0.200. The predicted octanol–water partition coefficient (Wildman–Crippen LogP) is 3.96. The summed E-state index contributed by atoms with van der Waals surface area (Å²) in [5.41, 5.74) is 1.81. The second-order valence-corrected chi connectivity index (χ2v) is 8.42. The molecule has 10 heteroatoms. The number of fused-ring (bicyclic) bond motifs is 1. The van der Waals surface area contributed by atoms with Crippen LogP contribution in [0, 0.1) is 0 Å². The van der Waals surface area contributed by atoms with Crippen molar-refractivity contribution in [3.05, 3.63) is 70.0 Å². The first-order valence-electron chi connectivity index (χ1n) is 10.7. The molecule has 0 spiro atoms. The van der Waals surface area contributed by atoms with Gasteiger partial charge in [-0.1, -0.05) is 12.1 Å². The lowest BCUT2D eigenvalue weighted by Gasteiger charge is -2.10. The zero-order valence-corrected chi connectivity index (χ0v) is 20.2. The average molecular weight is 494 g/mol. The van der Waals surface area contributed by atoms with Crippen LogP contribution in [-0.4, -0.2) is 42.3 Å². The van der Waals surface area contributed by atoms with Crippen LogP contribution in [0.5, 0.6) is 11.5 Å². The molecule has 4 rings (SSSR count). The van der Waals surface area contributed by atoms with Crippen LogP contribution in [0.2, 0.25) is 0 Å². The summed E-state index contributed by atoms with van der Waals surface area (Å²) in [7, 11) is 3.09. The van der Waals surface area contributed by atoms with Crippen LogP contribution >= 0.6 is 11.3 Å². The van der Waals surface area contributed by atoms with Crippen molar-refractivity contribution >= 4 is 39.9 Å². The monoisotopic (exact) mass is 493 g/mol. The molecule has 0 fully saturated rings. The third-order valence-corrected chi connectivity index (χ3v) is 6.35. The number of nitrogens with zero attached hydrogens (tertiary/aromatic N) is 2. The van der Waals surface area contributed by atoms with Crippen LogP contribution in [0.4, 0.5) is 5.69 Å². The molecule has 35 heavy (non-hydrogen) atoms. The number of para-hydroxylation sites is 2. The third kappa shape index (κ3) is 5.02. The molecular weight excluding hydrogens is 470 g/mol. The van der Waals surface area contributed by atoms with Crippen LogP contribution in [0.3, 0.4) is 0 Å². The number of hydrogen-bond acceptors (Lipinski definition) is 8. The zero-order valence-electron chi connectivity index (χ0n) is 19.4. The molecule has 0 saturated heterocycles. The molecule has 0 unspecified atom stereocenters. The molecule has 0 aliphatic heterocycles. The summed E-state index contributed by atoms with van der Waals surface area (Å²) < 4.78 is 17.2. The first-order valence-corrected chi connectivity index (χ1v) is 11.5. The van der Waals surface area contributed by atoms with E-state index in [4.69, 9.17) is 14.2 Å². The van der Waals surface area contributed by atoms with E-state index >= 15 is 0 Å². The summed E-state index contributed by atoms with van der Waals surface area (Å²) >= 11 is 1.18. The molecule has 1 amide bonds. The number of amides is 1. The molecule has 0 atom stereocenters. The molecule has 9 nitrogen and oxygen atoms in total. The molecule has 0 bridgehead atoms. The van der Waals surface area contributed by atoms with E-state index in [2.05, 4.69) is 10.3 Å². The minimum Gasteiger partial charge on any atom is -0.493 e. The molecule has 180 valence electrons. The average Bonchev–Trinajstić information content (AvgIpc) is 3.29. The smallest absolute Gasteiger partial charge is 0.350 e. The quantitative estimate of drug-likeness (QED) is 0.370. The maximum Gasteiger partial charge on any atom is 0.350 e. The van der Waals surface area contributed by atoms with E-state index in [1.807, 2.05) is 6.07 Å². The SMILES string of the molecule is CCOC(=O)c1sc(-c2ccc(OC)c(OC)c2)cc1NC(=O)Cn1c(=O)cnc2ccccc21. The number of rotatable bonds is 8. The van der Waals surface area contributed by atoms with Crippen LogP contribution in [0.25, 0.3) is 21.5 Å². The maximum atomic E-state index is 13.0. The first-order chi connectivity index (χ1) is 16.9. The van der Waals surface area contributed by atoms with E-state index in [9.17, 15) is 14.4 Å². The molecular formula is C25H23N3O6S. The standard InChI is InChI=1S/C25H23N3O6S/c1-4-34-25(31)24-17(12-21(35-24)15-9-10-19(32-2)20(11-15)33-3)27-22(29)14-28-18-8-6-5-7-16(18)26-13-23(28)30/h5-13H,4,14H2,1-3H3,(H,27,29). The fourth-order valence-electron chi connectivity index (χ4n) is 3.58. The lowest BCUT2D eigenvalue weighted by atomic mass is 10.1. The van der Waals surface area contributed by atoms with Crippen molar-refractivity contribution in [1.29, 1.82) is 0 Å². The number of esters is 1. The number of carbonyl (C=O) groups excluding carboxylic acids is 2. The number of carbonyl (C=O) groups is 2. The van der Waals surface area contributed by atoms with Gasteiger partial charge in [0.25, 0.3) is 5.56 Å². The Morgan fingerprint density at radius 1 is 1.06 bits per heavy atom. The highest BCUT2D eigenvalue weighted by Crippen LogP contribution is 2.39. The second kappa shape index (κ2) is 10.4. The molecule has 0 aliphatic carbocycles. The van der Waals surface area contributed by atoms with Gasteiger partial charge < -0.3 is 19.5 Å². The molecule has 0 aliphatic rings. The van der Waals surface area contributed by atoms with Crippen molar-refractivity contribution in [2.45, 2.75) is 13.5 Å². The third-order valence-electron chi connectivity index (χ3n) is 5.19. The summed E-state index contributed by atoms with van der Waals surface area (Å²) in [6, 6.07) is 14.1. The van der Waals surface area contributed by atoms with Gasteiger partial charge in [-0.05, 0) is 48.9 Å². The van der Waals surface area contributed by atoms with Gasteiger partial charge in [0.2, 0.25) is 5.91 Å². The number of ether oxygens (including phenoxy) is 3. The van der Waals surface area contributed by atoms with Crippen molar-refractivity contribution in [2.75, 3.05) is 26.1 Å². The van der Waals surface area contributed by atoms with Crippen molar-refractivity contribution in [1.82, 2.24) is 9.55 Å². The van der Waals surface area contributed by atoms with Crippen molar-refractivity contribution in [2.24, 2.45) is 0 Å². The summed E-state index contributed by atoms with van der Waals surface area (Å²) in [6.45, 7) is 1.65. The van der Waals surface area contributed by atoms with Gasteiger partial charge >= 0.3 is 5.97 Å². The number of thiophene rings is 1. The van der Waals surface area contributed by atoms with Crippen LogP contribution < -0.4 is 20.3 Å². The Balaban J connectivity index is 1.67. The van der Waals surface area contributed by atoms with Gasteiger partial charge in [0, 0.05) is 4.88 Å². The van der Waals surface area contributed by atoms with E-state index in [1.165, 1.54) is 29.2 Å². The molecule has 0 radical (unpaired) electrons. The summed E-state index contributed by atoms with van der Waals surface area (Å²) in [5, 5.41) is 2.77. The Morgan fingerprint density at radius 3 is 2.57 bits per heavy atom. The summed E-state index contributed by atoms with van der Waals surface area (Å²) in [6.07, 6.45) is 1.18. The minimum atomic E-state index is -0.550. The van der Waals surface area contributed by atoms with Crippen molar-refractivity contribution in [3.63, 3.8) is 0 Å². The number of methoxy groups -OCH3 is 2. The lowest BCUT2D eigenvalue weighted by molar-refractivity contribution is -0.116. The Kier molecular flexibility index (Phi) is 7.11. The Morgan fingerprint density at radius 2 is 1.83 bits per heavy atom. The maximum absolute atomic E-state index is 13.0. The zero-order chi connectivity index (χ0) is 24.9. The molecule has 2 aromatic heterocycles. The number of aromatic nitrogens is 2. The molecule has 4 aromatic rings. The molecule has 1 N–H and O–H groups in total. The highest BCUT2D eigenvalue weighted by atomic mass is 32.1. The Labute approximate surface area is 204 Å². The number of nitrogens with one attached hydrogen (secondary N) is 1. The lowest BCUT2D eigenvalue weighted by Crippen LogP contribution is -2.28. The van der Waals surface area contributed by atoms with Gasteiger partial charge in [0.15, 0.2) is 11.5 Å². The van der Waals surface area contributed by atoms with Gasteiger partial charge in [-0.15, -0.1) is 11.3 Å². The minimum absolute atomic E-state index is 0.189. The van der Waals surface area contributed by atoms with E-state index in [1.54, 1.807) is 56.5 Å². The van der Waals surface area contributed by atoms with E-state index in [-0.39, 0.29) is 18.0 Å². The summed E-state index contributed by atoms with van der Waals surface area (Å²) in [4.78, 5) is 43.1. The Bertz CT molecular complexity index is 1460. The molecule has 0 saturated carbocycles. The van der Waals surface area contributed by atoms with Gasteiger partial charge in [0.1, 0.15) is 11.4 Å². The van der Waals surface area contributed by atoms with Crippen LogP contribution in [0.15, 0.2) is 59.5 Å². The van der Waals surface area contributed by atoms with E-state index in [0.29, 0.717) is 28.2 Å². The number of anilines is 1. The predicted molar refractivity (Wildman–Crippen MR) is 133 cm³/mol. The van der Waals surface area contributed by atoms with Gasteiger partial charge in [-0.2, -0.15) is 0 Å². The van der Waals surface area contributed by atoms with Gasteiger partial charge in [-0.3, -0.25) is 14.2 Å².